The number of fused-ring (bicyclic) bond motifs is 4. The molecule has 4 aliphatic rings. The van der Waals surface area contributed by atoms with Crippen LogP contribution in [0.1, 0.15) is 89.9 Å². The van der Waals surface area contributed by atoms with Gasteiger partial charge in [0.05, 0.1) is 9.79 Å². The second-order valence-corrected chi connectivity index (χ2v) is 18.3. The predicted molar refractivity (Wildman–Crippen MR) is 201 cm³/mol. The van der Waals surface area contributed by atoms with Gasteiger partial charge in [-0.05, 0) is 150 Å². The van der Waals surface area contributed by atoms with Gasteiger partial charge in [0, 0.05) is 24.0 Å². The summed E-state index contributed by atoms with van der Waals surface area (Å²) in [6.45, 7) is 0. The maximum atomic E-state index is 12.7. The summed E-state index contributed by atoms with van der Waals surface area (Å²) in [5.74, 6) is 0.635. The number of aliphatic carboxylic acids is 2. The zero-order chi connectivity index (χ0) is 37.1. The normalized spacial score (nSPS) is 27.5. The first-order chi connectivity index (χ1) is 24.9. The molecule has 8 unspecified atom stereocenters. The first kappa shape index (κ1) is 43.7. The summed E-state index contributed by atoms with van der Waals surface area (Å²) in [7, 11) is -6.99. The summed E-state index contributed by atoms with van der Waals surface area (Å²) in [4.78, 5) is 21.5. The number of allylic oxidation sites excluding steroid dienone is 4. The van der Waals surface area contributed by atoms with Crippen LogP contribution in [0.2, 0.25) is 0 Å². The Bertz CT molecular complexity index is 1630. The zero-order valence-corrected chi connectivity index (χ0v) is 34.2. The molecule has 2 aromatic carbocycles. The smallest absolute Gasteiger partial charge is 0.550 e. The van der Waals surface area contributed by atoms with Gasteiger partial charge >= 0.3 is 37.7 Å². The summed E-state index contributed by atoms with van der Waals surface area (Å²) >= 11 is 0. The van der Waals surface area contributed by atoms with Crippen molar-refractivity contribution in [1.82, 2.24) is 9.44 Å². The van der Waals surface area contributed by atoms with Crippen molar-refractivity contribution in [3.8, 4) is 0 Å². The number of unbranched alkanes of at least 4 members (excludes halogenated alkanes) is 2. The van der Waals surface area contributed by atoms with Crippen LogP contribution in [0.5, 0.6) is 0 Å². The molecule has 0 spiro atoms. The SMILES string of the molecule is O=C([O-])CCC/C=C/CC1C2CCC(C2)C1NS(=O)(=O)c1ccccc1.O=C([O-])CCC/C=C\CC1C2CCC(C2)C1NS(=O)(=O)c1ccccc1.[Ca+2]. The fourth-order valence-electron chi connectivity index (χ4n) is 9.03. The summed E-state index contributed by atoms with van der Waals surface area (Å²) in [5, 5.41) is 20.8. The Morgan fingerprint density at radius 1 is 0.585 bits per heavy atom. The Labute approximate surface area is 345 Å². The first-order valence-electron chi connectivity index (χ1n) is 18.8. The Morgan fingerprint density at radius 2 is 0.943 bits per heavy atom. The zero-order valence-electron chi connectivity index (χ0n) is 30.4. The molecule has 2 aromatic rings. The fourth-order valence-corrected chi connectivity index (χ4v) is 11.8. The molecule has 284 valence electrons. The Hall–Kier alpha value is -2.06. The van der Waals surface area contributed by atoms with E-state index in [2.05, 4.69) is 21.6 Å². The van der Waals surface area contributed by atoms with Gasteiger partial charge in [-0.3, -0.25) is 0 Å². The van der Waals surface area contributed by atoms with Crippen LogP contribution in [-0.4, -0.2) is 78.6 Å². The molecule has 0 aromatic heterocycles. The molecule has 0 radical (unpaired) electrons. The molecular weight excluding hydrogens is 741 g/mol. The summed E-state index contributed by atoms with van der Waals surface area (Å²) < 4.78 is 56.7. The van der Waals surface area contributed by atoms with Crippen LogP contribution in [-0.2, 0) is 29.6 Å². The molecule has 4 fully saturated rings. The van der Waals surface area contributed by atoms with Crippen molar-refractivity contribution in [2.45, 2.75) is 112 Å². The molecule has 4 bridgehead atoms. The molecular formula is C40H52CaN2O8S2. The van der Waals surface area contributed by atoms with Crippen molar-refractivity contribution >= 4 is 69.7 Å². The van der Waals surface area contributed by atoms with Crippen LogP contribution in [0, 0.1) is 35.5 Å². The molecule has 4 saturated carbocycles. The quantitative estimate of drug-likeness (QED) is 0.129. The van der Waals surface area contributed by atoms with Crippen LogP contribution < -0.4 is 19.7 Å². The van der Waals surface area contributed by atoms with E-state index in [4.69, 9.17) is 0 Å². The number of carboxylic acid groups (broad SMARTS) is 2. The molecule has 13 heteroatoms. The molecule has 8 atom stereocenters. The van der Waals surface area contributed by atoms with Crippen LogP contribution in [0.3, 0.4) is 0 Å². The Balaban J connectivity index is 0.000000232. The molecule has 0 amide bonds. The van der Waals surface area contributed by atoms with Gasteiger partial charge in [-0.25, -0.2) is 26.3 Å². The number of hydrogen-bond donors (Lipinski definition) is 2. The van der Waals surface area contributed by atoms with E-state index in [1.165, 1.54) is 12.8 Å². The van der Waals surface area contributed by atoms with Crippen LogP contribution >= 0.6 is 0 Å². The second-order valence-electron chi connectivity index (χ2n) is 14.9. The van der Waals surface area contributed by atoms with E-state index in [9.17, 15) is 36.6 Å². The number of sulfonamides is 2. The molecule has 0 heterocycles. The molecule has 6 rings (SSSR count). The van der Waals surface area contributed by atoms with E-state index in [-0.39, 0.29) is 62.7 Å². The molecule has 4 aliphatic carbocycles. The van der Waals surface area contributed by atoms with E-state index in [1.807, 2.05) is 24.3 Å². The third-order valence-electron chi connectivity index (χ3n) is 11.5. The van der Waals surface area contributed by atoms with Gasteiger partial charge < -0.3 is 19.8 Å². The van der Waals surface area contributed by atoms with E-state index >= 15 is 0 Å². The van der Waals surface area contributed by atoms with Crippen molar-refractivity contribution in [1.29, 1.82) is 0 Å². The minimum Gasteiger partial charge on any atom is -0.550 e. The van der Waals surface area contributed by atoms with Crippen molar-refractivity contribution in [2.75, 3.05) is 0 Å². The van der Waals surface area contributed by atoms with Crippen molar-refractivity contribution < 1.29 is 36.6 Å². The number of hydrogen-bond acceptors (Lipinski definition) is 8. The van der Waals surface area contributed by atoms with E-state index < -0.39 is 32.0 Å². The van der Waals surface area contributed by atoms with Gasteiger partial charge in [-0.15, -0.1) is 0 Å². The number of benzene rings is 2. The molecule has 0 aliphatic heterocycles. The average Bonchev–Trinajstić information content (AvgIpc) is 3.92. The van der Waals surface area contributed by atoms with Gasteiger partial charge in [0.25, 0.3) is 0 Å². The van der Waals surface area contributed by atoms with Crippen LogP contribution in [0.15, 0.2) is 94.8 Å². The Kier molecular flexibility index (Phi) is 17.1. The minimum atomic E-state index is -3.49. The molecule has 0 saturated heterocycles. The Morgan fingerprint density at radius 3 is 1.30 bits per heavy atom. The minimum absolute atomic E-state index is 0. The number of rotatable bonds is 18. The molecule has 53 heavy (non-hydrogen) atoms. The van der Waals surface area contributed by atoms with Crippen molar-refractivity contribution in [3.05, 3.63) is 85.0 Å². The largest absolute Gasteiger partial charge is 2.00 e. The van der Waals surface area contributed by atoms with Crippen molar-refractivity contribution in [3.63, 3.8) is 0 Å². The first-order valence-corrected chi connectivity index (χ1v) is 21.8. The van der Waals surface area contributed by atoms with E-state index in [1.54, 1.807) is 48.5 Å². The van der Waals surface area contributed by atoms with Gasteiger partial charge in [-0.1, -0.05) is 60.7 Å². The van der Waals surface area contributed by atoms with Crippen molar-refractivity contribution in [2.24, 2.45) is 35.5 Å². The van der Waals surface area contributed by atoms with E-state index in [0.29, 0.717) is 58.1 Å². The van der Waals surface area contributed by atoms with Gasteiger partial charge in [-0.2, -0.15) is 0 Å². The van der Waals surface area contributed by atoms with Gasteiger partial charge in [0.15, 0.2) is 0 Å². The summed E-state index contributed by atoms with van der Waals surface area (Å²) in [6.07, 6.45) is 19.4. The maximum Gasteiger partial charge on any atom is 2.00 e. The summed E-state index contributed by atoms with van der Waals surface area (Å²) in [6, 6.07) is 17.1. The number of carbonyl (C=O) groups excluding carboxylic acids is 2. The van der Waals surface area contributed by atoms with E-state index in [0.717, 1.165) is 51.4 Å². The van der Waals surface area contributed by atoms with Crippen LogP contribution in [0.25, 0.3) is 0 Å². The van der Waals surface area contributed by atoms with Gasteiger partial charge in [0.1, 0.15) is 0 Å². The molecule has 10 nitrogen and oxygen atoms in total. The topological polar surface area (TPSA) is 173 Å². The maximum absolute atomic E-state index is 12.7. The summed E-state index contributed by atoms with van der Waals surface area (Å²) in [5.41, 5.74) is 0. The molecule has 2 N–H and O–H groups in total. The average molecular weight is 793 g/mol. The monoisotopic (exact) mass is 792 g/mol. The fraction of sp³-hybridized carbons (Fsp3) is 0.550. The number of carbonyl (C=O) groups is 2. The standard InChI is InChI=1S/2C20H27NO4S.Ca/c2*22-19(23)11-7-2-1-6-10-18-15-12-13-16(14-15)20(18)21-26(24,25)17-8-4-3-5-9-17;/h2*1,3-6,8-9,15-16,18,20-21H,2,7,10-14H2,(H,22,23);/q;;+2/p-2/b6-1+;6-1-;. The number of carboxylic acids is 2. The number of nitrogens with one attached hydrogen (secondary N) is 2. The predicted octanol–water partition coefficient (Wildman–Crippen LogP) is 4.11. The van der Waals surface area contributed by atoms with Gasteiger partial charge in [0.2, 0.25) is 20.0 Å². The second kappa shape index (κ2) is 20.7. The third kappa shape index (κ3) is 12.5. The van der Waals surface area contributed by atoms with Crippen LogP contribution in [0.4, 0.5) is 0 Å². The third-order valence-corrected chi connectivity index (χ3v) is 14.5.